The molecule has 0 aliphatic carbocycles. The average Bonchev–Trinajstić information content (AvgIpc) is 3.16. The third kappa shape index (κ3) is 5.26. The van der Waals surface area contributed by atoms with Gasteiger partial charge in [0.2, 0.25) is 11.8 Å². The van der Waals surface area contributed by atoms with Crippen molar-refractivity contribution in [3.63, 3.8) is 0 Å². The van der Waals surface area contributed by atoms with Crippen LogP contribution in [-0.2, 0) is 11.3 Å². The van der Waals surface area contributed by atoms with Gasteiger partial charge >= 0.3 is 0 Å². The van der Waals surface area contributed by atoms with Gasteiger partial charge in [-0.2, -0.15) is 0 Å². The normalized spacial score (nSPS) is 10.5. The minimum atomic E-state index is -0.112. The summed E-state index contributed by atoms with van der Waals surface area (Å²) in [6.45, 7) is 4.33. The summed E-state index contributed by atoms with van der Waals surface area (Å²) < 4.78 is 10.7. The molecule has 0 aliphatic heterocycles. The van der Waals surface area contributed by atoms with Gasteiger partial charge in [0.1, 0.15) is 5.75 Å². The highest BCUT2D eigenvalue weighted by Crippen LogP contribution is 2.22. The number of aryl methyl sites for hydroxylation is 2. The number of benzene rings is 2. The second-order valence-electron chi connectivity index (χ2n) is 6.15. The number of amides is 1. The molecule has 0 fully saturated rings. The molecule has 0 radical (unpaired) electrons. The van der Waals surface area contributed by atoms with Crippen LogP contribution < -0.4 is 15.4 Å². The number of thioether (sulfide) groups is 1. The number of rotatable bonds is 8. The maximum absolute atomic E-state index is 12.2. The van der Waals surface area contributed by atoms with E-state index in [1.54, 1.807) is 7.11 Å². The van der Waals surface area contributed by atoms with Crippen molar-refractivity contribution in [3.05, 3.63) is 59.5 Å². The molecule has 0 unspecified atom stereocenters. The van der Waals surface area contributed by atoms with Gasteiger partial charge in [0.25, 0.3) is 5.22 Å². The zero-order valence-corrected chi connectivity index (χ0v) is 16.8. The van der Waals surface area contributed by atoms with Crippen LogP contribution in [0.2, 0.25) is 0 Å². The van der Waals surface area contributed by atoms with Crippen LogP contribution in [-0.4, -0.2) is 29.0 Å². The highest BCUT2D eigenvalue weighted by atomic mass is 32.2. The number of nitrogens with one attached hydrogen (secondary N) is 2. The maximum Gasteiger partial charge on any atom is 0.277 e. The summed E-state index contributed by atoms with van der Waals surface area (Å²) in [5.74, 6) is 1.33. The zero-order chi connectivity index (χ0) is 19.9. The van der Waals surface area contributed by atoms with E-state index >= 15 is 0 Å². The van der Waals surface area contributed by atoms with E-state index in [9.17, 15) is 4.79 Å². The molecule has 0 bridgehead atoms. The fourth-order valence-corrected chi connectivity index (χ4v) is 3.15. The van der Waals surface area contributed by atoms with E-state index in [1.807, 2.05) is 56.3 Å². The van der Waals surface area contributed by atoms with Crippen LogP contribution >= 0.6 is 11.8 Å². The van der Waals surface area contributed by atoms with Crippen LogP contribution in [0.15, 0.2) is 52.1 Å². The van der Waals surface area contributed by atoms with Gasteiger partial charge in [-0.15, -0.1) is 10.2 Å². The molecule has 7 nitrogen and oxygen atoms in total. The maximum atomic E-state index is 12.2. The van der Waals surface area contributed by atoms with E-state index in [0.717, 1.165) is 28.3 Å². The lowest BCUT2D eigenvalue weighted by Gasteiger charge is -2.10. The van der Waals surface area contributed by atoms with Crippen LogP contribution in [0.5, 0.6) is 5.75 Å². The van der Waals surface area contributed by atoms with Crippen molar-refractivity contribution in [1.82, 2.24) is 10.2 Å². The molecule has 8 heteroatoms. The summed E-state index contributed by atoms with van der Waals surface area (Å²) in [6.07, 6.45) is 0. The van der Waals surface area contributed by atoms with Crippen LogP contribution in [0.1, 0.15) is 17.0 Å². The minimum Gasteiger partial charge on any atom is -0.497 e. The molecule has 1 aromatic heterocycles. The number of hydrogen-bond donors (Lipinski definition) is 2. The van der Waals surface area contributed by atoms with E-state index in [1.165, 1.54) is 11.8 Å². The smallest absolute Gasteiger partial charge is 0.277 e. The van der Waals surface area contributed by atoms with Crippen LogP contribution in [0.3, 0.4) is 0 Å². The summed E-state index contributed by atoms with van der Waals surface area (Å²) in [7, 11) is 1.63. The number of anilines is 2. The first-order valence-corrected chi connectivity index (χ1v) is 9.73. The topological polar surface area (TPSA) is 89.3 Å². The van der Waals surface area contributed by atoms with Crippen LogP contribution in [0.4, 0.5) is 11.4 Å². The predicted octanol–water partition coefficient (Wildman–Crippen LogP) is 4.04. The van der Waals surface area contributed by atoms with Gasteiger partial charge in [-0.25, -0.2) is 0 Å². The molecular formula is C20H22N4O3S. The Morgan fingerprint density at radius 2 is 1.82 bits per heavy atom. The molecular weight excluding hydrogens is 376 g/mol. The van der Waals surface area contributed by atoms with Gasteiger partial charge in [-0.1, -0.05) is 30.0 Å². The number of ether oxygens (including phenoxy) is 1. The molecule has 0 saturated heterocycles. The van der Waals surface area contributed by atoms with E-state index < -0.39 is 0 Å². The summed E-state index contributed by atoms with van der Waals surface area (Å²) >= 11 is 1.21. The van der Waals surface area contributed by atoms with Crippen molar-refractivity contribution >= 4 is 29.0 Å². The largest absolute Gasteiger partial charge is 0.497 e. The predicted molar refractivity (Wildman–Crippen MR) is 110 cm³/mol. The fraction of sp³-hybridized carbons (Fsp3) is 0.250. The standard InChI is InChI=1S/C20H22N4O3S/c1-13-5-4-6-14(2)19(13)22-17(25)12-28-20-24-23-18(27-20)11-21-15-7-9-16(26-3)10-8-15/h4-10,21H,11-12H2,1-3H3,(H,22,25). The summed E-state index contributed by atoms with van der Waals surface area (Å²) in [5.41, 5.74) is 3.83. The van der Waals surface area contributed by atoms with Crippen molar-refractivity contribution < 1.29 is 13.9 Å². The molecule has 0 atom stereocenters. The summed E-state index contributed by atoms with van der Waals surface area (Å²) in [4.78, 5) is 12.2. The third-order valence-corrected chi connectivity index (χ3v) is 4.87. The number of aromatic nitrogens is 2. The number of carbonyl (C=O) groups excluding carboxylic acids is 1. The molecule has 146 valence electrons. The number of para-hydroxylation sites is 1. The number of hydrogen-bond acceptors (Lipinski definition) is 7. The summed E-state index contributed by atoms with van der Waals surface area (Å²) in [5, 5.41) is 14.5. The number of nitrogens with zero attached hydrogens (tertiary/aromatic N) is 2. The highest BCUT2D eigenvalue weighted by molar-refractivity contribution is 7.99. The minimum absolute atomic E-state index is 0.112. The molecule has 3 aromatic rings. The van der Waals surface area contributed by atoms with Gasteiger partial charge in [0.15, 0.2) is 0 Å². The SMILES string of the molecule is COc1ccc(NCc2nnc(SCC(=O)Nc3c(C)cccc3C)o2)cc1. The van der Waals surface area contributed by atoms with Crippen molar-refractivity contribution in [1.29, 1.82) is 0 Å². The lowest BCUT2D eigenvalue weighted by Crippen LogP contribution is -2.15. The van der Waals surface area contributed by atoms with Gasteiger partial charge < -0.3 is 19.8 Å². The number of methoxy groups -OCH3 is 1. The second-order valence-corrected chi connectivity index (χ2v) is 7.07. The van der Waals surface area contributed by atoms with Gasteiger partial charge in [-0.3, -0.25) is 4.79 Å². The Kier molecular flexibility index (Phi) is 6.54. The molecule has 2 aromatic carbocycles. The first-order valence-electron chi connectivity index (χ1n) is 8.74. The van der Waals surface area contributed by atoms with Gasteiger partial charge in [-0.05, 0) is 49.2 Å². The van der Waals surface area contributed by atoms with Crippen molar-refractivity contribution in [2.45, 2.75) is 25.6 Å². The molecule has 28 heavy (non-hydrogen) atoms. The Labute approximate surface area is 167 Å². The Hall–Kier alpha value is -3.00. The van der Waals surface area contributed by atoms with E-state index in [4.69, 9.17) is 9.15 Å². The van der Waals surface area contributed by atoms with E-state index in [-0.39, 0.29) is 11.7 Å². The van der Waals surface area contributed by atoms with Crippen LogP contribution in [0.25, 0.3) is 0 Å². The first-order chi connectivity index (χ1) is 13.5. The highest BCUT2D eigenvalue weighted by Gasteiger charge is 2.11. The molecule has 0 spiro atoms. The fourth-order valence-electron chi connectivity index (χ4n) is 2.57. The quantitative estimate of drug-likeness (QED) is 0.554. The average molecular weight is 398 g/mol. The van der Waals surface area contributed by atoms with Crippen LogP contribution in [0, 0.1) is 13.8 Å². The Morgan fingerprint density at radius 1 is 1.11 bits per heavy atom. The lowest BCUT2D eigenvalue weighted by molar-refractivity contribution is -0.113. The molecule has 1 heterocycles. The molecule has 2 N–H and O–H groups in total. The Bertz CT molecular complexity index is 921. The Balaban J connectivity index is 1.48. The first kappa shape index (κ1) is 19.8. The van der Waals surface area contributed by atoms with Crippen molar-refractivity contribution in [2.24, 2.45) is 0 Å². The third-order valence-electron chi connectivity index (χ3n) is 4.05. The lowest BCUT2D eigenvalue weighted by atomic mass is 10.1. The Morgan fingerprint density at radius 3 is 2.50 bits per heavy atom. The molecule has 1 amide bonds. The van der Waals surface area contributed by atoms with Crippen molar-refractivity contribution in [3.8, 4) is 5.75 Å². The van der Waals surface area contributed by atoms with Crippen molar-refractivity contribution in [2.75, 3.05) is 23.5 Å². The monoisotopic (exact) mass is 398 g/mol. The van der Waals surface area contributed by atoms with Gasteiger partial charge in [0, 0.05) is 11.4 Å². The molecule has 3 rings (SSSR count). The van der Waals surface area contributed by atoms with Gasteiger partial charge in [0.05, 0.1) is 19.4 Å². The summed E-state index contributed by atoms with van der Waals surface area (Å²) in [6, 6.07) is 13.4. The second kappa shape index (κ2) is 9.27. The zero-order valence-electron chi connectivity index (χ0n) is 16.0. The number of carbonyl (C=O) groups is 1. The molecule has 0 aliphatic rings. The van der Waals surface area contributed by atoms with E-state index in [2.05, 4.69) is 20.8 Å². The molecule has 0 saturated carbocycles. The van der Waals surface area contributed by atoms with E-state index in [0.29, 0.717) is 17.7 Å².